The van der Waals surface area contributed by atoms with Gasteiger partial charge in [-0.1, -0.05) is 0 Å². The van der Waals surface area contributed by atoms with E-state index in [1.165, 1.54) is 13.0 Å². The third kappa shape index (κ3) is 1.62. The van der Waals surface area contributed by atoms with Gasteiger partial charge >= 0.3 is 0 Å². The van der Waals surface area contributed by atoms with Crippen LogP contribution in [-0.2, 0) is 9.59 Å². The Labute approximate surface area is 93.6 Å². The fourth-order valence-corrected chi connectivity index (χ4v) is 1.81. The number of hydrogen-bond acceptors (Lipinski definition) is 3. The number of anilines is 1. The van der Waals surface area contributed by atoms with Gasteiger partial charge in [0.05, 0.1) is 17.9 Å². The summed E-state index contributed by atoms with van der Waals surface area (Å²) in [6.45, 7) is 3.34. The quantitative estimate of drug-likeness (QED) is 0.553. The zero-order valence-electron chi connectivity index (χ0n) is 9.18. The molecule has 1 aliphatic rings. The van der Waals surface area contributed by atoms with Crippen molar-refractivity contribution in [2.75, 3.05) is 4.90 Å². The Balaban J connectivity index is 2.25. The van der Waals surface area contributed by atoms with E-state index in [0.717, 1.165) is 5.69 Å². The minimum Gasteiger partial charge on any atom is -0.300 e. The lowest BCUT2D eigenvalue weighted by Crippen LogP contribution is -2.54. The highest BCUT2D eigenvalue weighted by atomic mass is 16.2. The van der Waals surface area contributed by atoms with Gasteiger partial charge in [0.25, 0.3) is 5.91 Å². The molecule has 1 unspecified atom stereocenters. The molecule has 4 nitrogen and oxygen atoms in total. The summed E-state index contributed by atoms with van der Waals surface area (Å²) >= 11 is 0. The van der Waals surface area contributed by atoms with Crippen molar-refractivity contribution in [2.45, 2.75) is 19.9 Å². The van der Waals surface area contributed by atoms with E-state index in [4.69, 9.17) is 0 Å². The number of allylic oxidation sites excluding steroid dienone is 1. The van der Waals surface area contributed by atoms with Crippen LogP contribution in [0.2, 0.25) is 0 Å². The van der Waals surface area contributed by atoms with E-state index in [-0.39, 0.29) is 17.7 Å². The molecule has 1 atom stereocenters. The number of hydrogen-bond donors (Lipinski definition) is 0. The predicted molar refractivity (Wildman–Crippen MR) is 59.9 cm³/mol. The molecule has 82 valence electrons. The van der Waals surface area contributed by atoms with Gasteiger partial charge in [-0.15, -0.1) is 0 Å². The molecule has 4 heteroatoms. The van der Waals surface area contributed by atoms with Crippen LogP contribution in [0.25, 0.3) is 0 Å². The number of aromatic nitrogens is 1. The van der Waals surface area contributed by atoms with Crippen molar-refractivity contribution in [3.8, 4) is 0 Å². The molecule has 16 heavy (non-hydrogen) atoms. The van der Waals surface area contributed by atoms with Gasteiger partial charge in [-0.2, -0.15) is 0 Å². The van der Waals surface area contributed by atoms with E-state index in [2.05, 4.69) is 4.98 Å². The van der Waals surface area contributed by atoms with Crippen LogP contribution in [0.4, 0.5) is 5.69 Å². The van der Waals surface area contributed by atoms with Gasteiger partial charge in [0, 0.05) is 11.8 Å². The largest absolute Gasteiger partial charge is 0.300 e. The third-order valence-electron chi connectivity index (χ3n) is 2.59. The number of nitrogens with zero attached hydrogens (tertiary/aromatic N) is 2. The summed E-state index contributed by atoms with van der Waals surface area (Å²) in [5.74, 6) is -0.211. The number of carbonyl (C=O) groups excluding carboxylic acids is 2. The van der Waals surface area contributed by atoms with Crippen LogP contribution >= 0.6 is 0 Å². The van der Waals surface area contributed by atoms with Crippen LogP contribution in [0.3, 0.4) is 0 Å². The third-order valence-corrected chi connectivity index (χ3v) is 2.59. The zero-order chi connectivity index (χ0) is 11.7. The average molecular weight is 216 g/mol. The average Bonchev–Trinajstić information content (AvgIpc) is 2.28. The lowest BCUT2D eigenvalue weighted by molar-refractivity contribution is -0.119. The molecular formula is C12H12N2O2. The maximum absolute atomic E-state index is 11.8. The molecule has 0 radical (unpaired) electrons. The Kier molecular flexibility index (Phi) is 2.56. The summed E-state index contributed by atoms with van der Waals surface area (Å²) < 4.78 is 0. The Hall–Kier alpha value is -1.97. The first-order valence-corrected chi connectivity index (χ1v) is 5.07. The van der Waals surface area contributed by atoms with Gasteiger partial charge in [0.1, 0.15) is 0 Å². The molecule has 1 aliphatic heterocycles. The second-order valence-corrected chi connectivity index (χ2v) is 3.77. The molecule has 1 saturated heterocycles. The van der Waals surface area contributed by atoms with E-state index in [0.29, 0.717) is 5.57 Å². The minimum atomic E-state index is -0.115. The predicted octanol–water partition coefficient (Wildman–Crippen LogP) is 1.33. The fraction of sp³-hybridized carbons (Fsp3) is 0.250. The molecular weight excluding hydrogens is 204 g/mol. The molecule has 0 N–H and O–H groups in total. The molecule has 0 saturated carbocycles. The van der Waals surface area contributed by atoms with Crippen LogP contribution in [0.1, 0.15) is 13.8 Å². The van der Waals surface area contributed by atoms with Gasteiger partial charge in [-0.25, -0.2) is 0 Å². The SMILES string of the molecule is CC(=O)/C=C1\C(=O)N(c2cccnc2)C1C. The second-order valence-electron chi connectivity index (χ2n) is 3.77. The van der Waals surface area contributed by atoms with Crippen molar-refractivity contribution in [1.29, 1.82) is 0 Å². The van der Waals surface area contributed by atoms with Gasteiger partial charge in [0.2, 0.25) is 0 Å². The molecule has 1 aromatic rings. The summed E-state index contributed by atoms with van der Waals surface area (Å²) in [5, 5.41) is 0. The van der Waals surface area contributed by atoms with Crippen molar-refractivity contribution in [3.05, 3.63) is 36.2 Å². The van der Waals surface area contributed by atoms with Gasteiger partial charge in [0.15, 0.2) is 5.78 Å². The van der Waals surface area contributed by atoms with Crippen LogP contribution in [0, 0.1) is 0 Å². The molecule has 2 heterocycles. The van der Waals surface area contributed by atoms with Gasteiger partial charge in [-0.3, -0.25) is 19.5 Å². The van der Waals surface area contributed by atoms with Crippen molar-refractivity contribution >= 4 is 17.4 Å². The minimum absolute atomic E-state index is 0.0550. The lowest BCUT2D eigenvalue weighted by atomic mass is 9.94. The van der Waals surface area contributed by atoms with E-state index in [1.807, 2.05) is 13.0 Å². The van der Waals surface area contributed by atoms with E-state index >= 15 is 0 Å². The highest BCUT2D eigenvalue weighted by Crippen LogP contribution is 2.31. The number of pyridine rings is 1. The zero-order valence-corrected chi connectivity index (χ0v) is 9.18. The molecule has 0 bridgehead atoms. The van der Waals surface area contributed by atoms with Crippen LogP contribution in [0.5, 0.6) is 0 Å². The molecule has 1 amide bonds. The van der Waals surface area contributed by atoms with Crippen LogP contribution < -0.4 is 4.90 Å². The molecule has 1 aromatic heterocycles. The highest BCUT2D eigenvalue weighted by Gasteiger charge is 2.39. The summed E-state index contributed by atoms with van der Waals surface area (Å²) in [7, 11) is 0. The number of ketones is 1. The maximum atomic E-state index is 11.8. The van der Waals surface area contributed by atoms with Crippen molar-refractivity contribution < 1.29 is 9.59 Å². The number of β-lactam (4-membered cyclic amide) rings is 1. The topological polar surface area (TPSA) is 50.3 Å². The van der Waals surface area contributed by atoms with E-state index in [9.17, 15) is 9.59 Å². The summed E-state index contributed by atoms with van der Waals surface area (Å²) in [6, 6.07) is 3.55. The summed E-state index contributed by atoms with van der Waals surface area (Å²) in [4.78, 5) is 28.3. The fourth-order valence-electron chi connectivity index (χ4n) is 1.81. The van der Waals surface area contributed by atoms with Gasteiger partial charge in [-0.05, 0) is 32.1 Å². The van der Waals surface area contributed by atoms with Crippen molar-refractivity contribution in [1.82, 2.24) is 4.98 Å². The summed E-state index contributed by atoms with van der Waals surface area (Å²) in [6.07, 6.45) is 4.70. The first-order chi connectivity index (χ1) is 7.61. The van der Waals surface area contributed by atoms with Crippen LogP contribution in [0.15, 0.2) is 36.2 Å². The monoisotopic (exact) mass is 216 g/mol. The number of amides is 1. The van der Waals surface area contributed by atoms with Crippen molar-refractivity contribution in [2.24, 2.45) is 0 Å². The second kappa shape index (κ2) is 3.89. The molecule has 1 fully saturated rings. The first kappa shape index (κ1) is 10.5. The number of carbonyl (C=O) groups is 2. The van der Waals surface area contributed by atoms with Crippen molar-refractivity contribution in [3.63, 3.8) is 0 Å². The van der Waals surface area contributed by atoms with E-state index < -0.39 is 0 Å². The van der Waals surface area contributed by atoms with Gasteiger partial charge < -0.3 is 0 Å². The normalized spacial score (nSPS) is 22.1. The summed E-state index contributed by atoms with van der Waals surface area (Å²) in [5.41, 5.74) is 1.33. The highest BCUT2D eigenvalue weighted by molar-refractivity contribution is 6.17. The molecule has 0 spiro atoms. The molecule has 0 aliphatic carbocycles. The van der Waals surface area contributed by atoms with E-state index in [1.54, 1.807) is 23.4 Å². The molecule has 0 aromatic carbocycles. The van der Waals surface area contributed by atoms with Crippen LogP contribution in [-0.4, -0.2) is 22.7 Å². The smallest absolute Gasteiger partial charge is 0.257 e. The first-order valence-electron chi connectivity index (χ1n) is 5.07. The Morgan fingerprint density at radius 1 is 1.56 bits per heavy atom. The number of rotatable bonds is 2. The Morgan fingerprint density at radius 2 is 2.31 bits per heavy atom. The maximum Gasteiger partial charge on any atom is 0.257 e. The molecule has 2 rings (SSSR count). The Bertz CT molecular complexity index is 465. The standard InChI is InChI=1S/C12H12N2O2/c1-8(15)6-11-9(2)14(12(11)16)10-4-3-5-13-7-10/h3-7,9H,1-2H3/b11-6-. The lowest BCUT2D eigenvalue weighted by Gasteiger charge is -2.40. The Morgan fingerprint density at radius 3 is 2.81 bits per heavy atom.